The van der Waals surface area contributed by atoms with Crippen molar-refractivity contribution in [2.24, 2.45) is 11.7 Å². The molecule has 3 N–H and O–H groups in total. The van der Waals surface area contributed by atoms with E-state index in [1.807, 2.05) is 26.0 Å². The molecule has 0 saturated carbocycles. The molecular weight excluding hydrogens is 262 g/mol. The SMILES string of the molecule is CC(C)[C@H](N)C(=O)Nc1ccc(N2CCCCCC2)cc1. The number of benzene rings is 1. The fraction of sp³-hybridized carbons (Fsp3) is 0.588. The van der Waals surface area contributed by atoms with Crippen LogP contribution in [-0.2, 0) is 4.79 Å². The molecule has 116 valence electrons. The van der Waals surface area contributed by atoms with Crippen molar-refractivity contribution >= 4 is 17.3 Å². The number of nitrogens with one attached hydrogen (secondary N) is 1. The van der Waals surface area contributed by atoms with Gasteiger partial charge in [0.25, 0.3) is 0 Å². The summed E-state index contributed by atoms with van der Waals surface area (Å²) in [5.41, 5.74) is 7.91. The topological polar surface area (TPSA) is 58.4 Å². The lowest BCUT2D eigenvalue weighted by molar-refractivity contribution is -0.118. The van der Waals surface area contributed by atoms with E-state index in [0.717, 1.165) is 18.8 Å². The third kappa shape index (κ3) is 4.46. The van der Waals surface area contributed by atoms with Crippen LogP contribution < -0.4 is 16.0 Å². The van der Waals surface area contributed by atoms with E-state index in [1.165, 1.54) is 31.4 Å². The predicted octanol–water partition coefficient (Wildman–Crippen LogP) is 2.99. The third-order valence-corrected chi connectivity index (χ3v) is 4.13. The number of amides is 1. The van der Waals surface area contributed by atoms with Gasteiger partial charge in [0.05, 0.1) is 6.04 Å². The Labute approximate surface area is 127 Å². The summed E-state index contributed by atoms with van der Waals surface area (Å²) in [5, 5.41) is 2.88. The first-order valence-electron chi connectivity index (χ1n) is 7.99. The highest BCUT2D eigenvalue weighted by Gasteiger charge is 2.17. The molecule has 1 atom stereocenters. The van der Waals surface area contributed by atoms with Gasteiger partial charge in [-0.1, -0.05) is 26.7 Å². The highest BCUT2D eigenvalue weighted by molar-refractivity contribution is 5.94. The molecule has 1 amide bonds. The summed E-state index contributed by atoms with van der Waals surface area (Å²) in [5.74, 6) is 0.0221. The van der Waals surface area contributed by atoms with Gasteiger partial charge in [-0.25, -0.2) is 0 Å². The lowest BCUT2D eigenvalue weighted by atomic mass is 10.0. The molecule has 4 nitrogen and oxygen atoms in total. The predicted molar refractivity (Wildman–Crippen MR) is 88.6 cm³/mol. The van der Waals surface area contributed by atoms with Crippen LogP contribution in [0.3, 0.4) is 0 Å². The maximum atomic E-state index is 11.9. The zero-order valence-corrected chi connectivity index (χ0v) is 13.1. The second-order valence-electron chi connectivity index (χ2n) is 6.21. The van der Waals surface area contributed by atoms with Crippen molar-refractivity contribution in [2.75, 3.05) is 23.3 Å². The Kier molecular flexibility index (Phi) is 5.62. The molecule has 0 spiro atoms. The van der Waals surface area contributed by atoms with E-state index < -0.39 is 6.04 Å². The Bertz CT molecular complexity index is 448. The molecule has 0 unspecified atom stereocenters. The summed E-state index contributed by atoms with van der Waals surface area (Å²) in [6, 6.07) is 7.63. The van der Waals surface area contributed by atoms with Gasteiger partial charge >= 0.3 is 0 Å². The quantitative estimate of drug-likeness (QED) is 0.896. The minimum absolute atomic E-state index is 0.118. The molecule has 1 heterocycles. The molecule has 1 saturated heterocycles. The standard InChI is InChI=1S/C17H27N3O/c1-13(2)16(18)17(21)19-14-7-9-15(10-8-14)20-11-5-3-4-6-12-20/h7-10,13,16H,3-6,11-12,18H2,1-2H3,(H,19,21)/t16-/m0/s1. The Hall–Kier alpha value is -1.55. The van der Waals surface area contributed by atoms with Crippen molar-refractivity contribution < 1.29 is 4.79 Å². The van der Waals surface area contributed by atoms with Gasteiger partial charge < -0.3 is 16.0 Å². The second kappa shape index (κ2) is 7.46. The average molecular weight is 289 g/mol. The van der Waals surface area contributed by atoms with Crippen molar-refractivity contribution in [3.63, 3.8) is 0 Å². The molecule has 21 heavy (non-hydrogen) atoms. The van der Waals surface area contributed by atoms with E-state index in [1.54, 1.807) is 0 Å². The van der Waals surface area contributed by atoms with E-state index in [9.17, 15) is 4.79 Å². The van der Waals surface area contributed by atoms with Crippen LogP contribution in [0, 0.1) is 5.92 Å². The lowest BCUT2D eigenvalue weighted by Gasteiger charge is -2.23. The molecule has 2 rings (SSSR count). The summed E-state index contributed by atoms with van der Waals surface area (Å²) in [6.07, 6.45) is 5.19. The van der Waals surface area contributed by atoms with Gasteiger partial charge in [-0.3, -0.25) is 4.79 Å². The van der Waals surface area contributed by atoms with Crippen molar-refractivity contribution in [2.45, 2.75) is 45.6 Å². The van der Waals surface area contributed by atoms with E-state index in [-0.39, 0.29) is 11.8 Å². The fourth-order valence-corrected chi connectivity index (χ4v) is 2.61. The van der Waals surface area contributed by atoms with Crippen LogP contribution in [0.4, 0.5) is 11.4 Å². The Balaban J connectivity index is 1.96. The van der Waals surface area contributed by atoms with Gasteiger partial charge in [-0.15, -0.1) is 0 Å². The first kappa shape index (κ1) is 15.8. The Morgan fingerprint density at radius 3 is 2.19 bits per heavy atom. The number of carbonyl (C=O) groups is 1. The van der Waals surface area contributed by atoms with Crippen LogP contribution in [0.5, 0.6) is 0 Å². The van der Waals surface area contributed by atoms with E-state index in [2.05, 4.69) is 22.3 Å². The van der Waals surface area contributed by atoms with Crippen molar-refractivity contribution in [3.8, 4) is 0 Å². The van der Waals surface area contributed by atoms with Crippen LogP contribution in [-0.4, -0.2) is 25.0 Å². The maximum Gasteiger partial charge on any atom is 0.241 e. The van der Waals surface area contributed by atoms with Crippen molar-refractivity contribution in [3.05, 3.63) is 24.3 Å². The lowest BCUT2D eigenvalue weighted by Crippen LogP contribution is -2.39. The number of nitrogens with zero attached hydrogens (tertiary/aromatic N) is 1. The molecule has 1 fully saturated rings. The van der Waals surface area contributed by atoms with Crippen LogP contribution in [0.2, 0.25) is 0 Å². The van der Waals surface area contributed by atoms with E-state index >= 15 is 0 Å². The van der Waals surface area contributed by atoms with Gasteiger partial charge in [0.1, 0.15) is 0 Å². The molecule has 0 bridgehead atoms. The van der Waals surface area contributed by atoms with Gasteiger partial charge in [0, 0.05) is 24.5 Å². The number of nitrogens with two attached hydrogens (primary N) is 1. The summed E-state index contributed by atoms with van der Waals surface area (Å²) < 4.78 is 0. The molecule has 0 aromatic heterocycles. The summed E-state index contributed by atoms with van der Waals surface area (Å²) >= 11 is 0. The molecule has 1 aliphatic heterocycles. The Morgan fingerprint density at radius 2 is 1.67 bits per heavy atom. The van der Waals surface area contributed by atoms with Crippen LogP contribution in [0.1, 0.15) is 39.5 Å². The van der Waals surface area contributed by atoms with Crippen molar-refractivity contribution in [1.29, 1.82) is 0 Å². The van der Waals surface area contributed by atoms with Crippen LogP contribution >= 0.6 is 0 Å². The highest BCUT2D eigenvalue weighted by atomic mass is 16.2. The van der Waals surface area contributed by atoms with Crippen LogP contribution in [0.15, 0.2) is 24.3 Å². The smallest absolute Gasteiger partial charge is 0.241 e. The molecule has 0 radical (unpaired) electrons. The maximum absolute atomic E-state index is 11.9. The largest absolute Gasteiger partial charge is 0.372 e. The average Bonchev–Trinajstić information content (AvgIpc) is 2.76. The number of anilines is 2. The number of rotatable bonds is 4. The monoisotopic (exact) mass is 289 g/mol. The van der Waals surface area contributed by atoms with E-state index in [0.29, 0.717) is 0 Å². The molecule has 1 aliphatic rings. The Morgan fingerprint density at radius 1 is 1.10 bits per heavy atom. The first-order chi connectivity index (χ1) is 10.1. The van der Waals surface area contributed by atoms with E-state index in [4.69, 9.17) is 5.73 Å². The van der Waals surface area contributed by atoms with Gasteiger partial charge in [-0.2, -0.15) is 0 Å². The zero-order chi connectivity index (χ0) is 15.2. The highest BCUT2D eigenvalue weighted by Crippen LogP contribution is 2.21. The molecule has 4 heteroatoms. The normalized spacial score (nSPS) is 17.4. The summed E-state index contributed by atoms with van der Waals surface area (Å²) in [4.78, 5) is 14.4. The minimum Gasteiger partial charge on any atom is -0.372 e. The van der Waals surface area contributed by atoms with Crippen LogP contribution in [0.25, 0.3) is 0 Å². The molecular formula is C17H27N3O. The van der Waals surface area contributed by atoms with Crippen molar-refractivity contribution in [1.82, 2.24) is 0 Å². The molecule has 1 aromatic rings. The summed E-state index contributed by atoms with van der Waals surface area (Å²) in [6.45, 7) is 6.16. The number of carbonyl (C=O) groups excluding carboxylic acids is 1. The number of hydrogen-bond donors (Lipinski definition) is 2. The fourth-order valence-electron chi connectivity index (χ4n) is 2.61. The first-order valence-corrected chi connectivity index (χ1v) is 7.99. The van der Waals surface area contributed by atoms with Gasteiger partial charge in [0.15, 0.2) is 0 Å². The minimum atomic E-state index is -0.463. The third-order valence-electron chi connectivity index (χ3n) is 4.13. The summed E-state index contributed by atoms with van der Waals surface area (Å²) in [7, 11) is 0. The second-order valence-corrected chi connectivity index (χ2v) is 6.21. The van der Waals surface area contributed by atoms with Gasteiger partial charge in [0.2, 0.25) is 5.91 Å². The zero-order valence-electron chi connectivity index (χ0n) is 13.1. The molecule has 0 aliphatic carbocycles. The van der Waals surface area contributed by atoms with Gasteiger partial charge in [-0.05, 0) is 43.0 Å². The molecule has 1 aromatic carbocycles. The number of hydrogen-bond acceptors (Lipinski definition) is 3.